The summed E-state index contributed by atoms with van der Waals surface area (Å²) in [4.78, 5) is 9.15. The van der Waals surface area contributed by atoms with Crippen LogP contribution in [0.3, 0.4) is 0 Å². The summed E-state index contributed by atoms with van der Waals surface area (Å²) in [7, 11) is 0. The quantitative estimate of drug-likeness (QED) is 0.934. The Morgan fingerprint density at radius 3 is 2.73 bits per heavy atom. The molecule has 1 saturated carbocycles. The molecule has 1 N–H and O–H groups in total. The minimum atomic E-state index is 0.128. The molecule has 0 aromatic carbocycles. The number of hydrogen-bond donors (Lipinski definition) is 1. The second-order valence-corrected chi connectivity index (χ2v) is 6.48. The lowest BCUT2D eigenvalue weighted by atomic mass is 9.95. The Hall–Kier alpha value is -1.62. The van der Waals surface area contributed by atoms with E-state index in [9.17, 15) is 0 Å². The van der Waals surface area contributed by atoms with Gasteiger partial charge in [-0.25, -0.2) is 9.97 Å². The van der Waals surface area contributed by atoms with Crippen molar-refractivity contribution in [2.24, 2.45) is 0 Å². The van der Waals surface area contributed by atoms with Gasteiger partial charge in [0.1, 0.15) is 11.7 Å². The van der Waals surface area contributed by atoms with E-state index in [-0.39, 0.29) is 6.23 Å². The average molecular weight is 300 g/mol. The highest BCUT2D eigenvalue weighted by molar-refractivity contribution is 5.86. The normalized spacial score (nSPS) is 23.7. The zero-order chi connectivity index (χ0) is 14.8. The van der Waals surface area contributed by atoms with Crippen LogP contribution in [0.25, 0.3) is 11.0 Å². The van der Waals surface area contributed by atoms with Gasteiger partial charge in [-0.15, -0.1) is 0 Å². The van der Waals surface area contributed by atoms with Crippen LogP contribution in [0.4, 0.5) is 5.82 Å². The van der Waals surface area contributed by atoms with Crippen molar-refractivity contribution in [1.82, 2.24) is 14.5 Å². The van der Waals surface area contributed by atoms with Crippen molar-refractivity contribution >= 4 is 16.9 Å². The number of fused-ring (bicyclic) bond motifs is 1. The number of aromatic nitrogens is 3. The van der Waals surface area contributed by atoms with E-state index in [0.29, 0.717) is 6.04 Å². The van der Waals surface area contributed by atoms with E-state index >= 15 is 0 Å². The second-order valence-electron chi connectivity index (χ2n) is 6.48. The molecule has 1 atom stereocenters. The zero-order valence-electron chi connectivity index (χ0n) is 13.0. The van der Waals surface area contributed by atoms with Crippen LogP contribution in [0.5, 0.6) is 0 Å². The van der Waals surface area contributed by atoms with Gasteiger partial charge >= 0.3 is 0 Å². The third-order valence-corrected chi connectivity index (χ3v) is 4.90. The lowest BCUT2D eigenvalue weighted by molar-refractivity contribution is -0.0295. The van der Waals surface area contributed by atoms with Crippen molar-refractivity contribution in [3.8, 4) is 0 Å². The van der Waals surface area contributed by atoms with Crippen molar-refractivity contribution in [3.05, 3.63) is 18.6 Å². The van der Waals surface area contributed by atoms with Gasteiger partial charge in [-0.2, -0.15) is 0 Å². The van der Waals surface area contributed by atoms with Crippen LogP contribution >= 0.6 is 0 Å². The molecule has 22 heavy (non-hydrogen) atoms. The Kier molecular flexibility index (Phi) is 3.97. The van der Waals surface area contributed by atoms with Gasteiger partial charge in [0.05, 0.1) is 11.8 Å². The maximum Gasteiger partial charge on any atom is 0.154 e. The Balaban J connectivity index is 1.61. The number of imidazole rings is 1. The van der Waals surface area contributed by atoms with Crippen LogP contribution in [0.1, 0.15) is 57.6 Å². The molecule has 1 unspecified atom stereocenters. The summed E-state index contributed by atoms with van der Waals surface area (Å²) in [6.45, 7) is 0.850. The van der Waals surface area contributed by atoms with E-state index < -0.39 is 0 Å². The Labute approximate surface area is 131 Å². The standard InChI is InChI=1S/C17H24N4O/c1-2-6-13(7-3-1)20-17-16-14(9-10-18-17)21(12-19-16)15-8-4-5-11-22-15/h9-10,12-13,15H,1-8,11H2,(H,18,20). The fourth-order valence-corrected chi connectivity index (χ4v) is 3.68. The molecule has 0 radical (unpaired) electrons. The summed E-state index contributed by atoms with van der Waals surface area (Å²) >= 11 is 0. The summed E-state index contributed by atoms with van der Waals surface area (Å²) < 4.78 is 8.07. The number of ether oxygens (including phenoxy) is 1. The first-order chi connectivity index (χ1) is 10.9. The van der Waals surface area contributed by atoms with E-state index in [1.807, 2.05) is 18.6 Å². The van der Waals surface area contributed by atoms with Gasteiger partial charge in [0.25, 0.3) is 0 Å². The topological polar surface area (TPSA) is 52.0 Å². The molecule has 0 spiro atoms. The van der Waals surface area contributed by atoms with Crippen LogP contribution in [0, 0.1) is 0 Å². The average Bonchev–Trinajstić information content (AvgIpc) is 3.02. The van der Waals surface area contributed by atoms with Gasteiger partial charge in [-0.05, 0) is 38.2 Å². The first-order valence-electron chi connectivity index (χ1n) is 8.61. The fraction of sp³-hybridized carbons (Fsp3) is 0.647. The molecule has 1 saturated heterocycles. The minimum absolute atomic E-state index is 0.128. The number of rotatable bonds is 3. The first-order valence-corrected chi connectivity index (χ1v) is 8.61. The summed E-state index contributed by atoms with van der Waals surface area (Å²) in [5.74, 6) is 0.930. The van der Waals surface area contributed by atoms with Crippen molar-refractivity contribution < 1.29 is 4.74 Å². The SMILES string of the molecule is c1cc2c(ncn2C2CCCCO2)c(NC2CCCCC2)n1. The molecular formula is C17H24N4O. The van der Waals surface area contributed by atoms with Gasteiger partial charge < -0.3 is 14.6 Å². The lowest BCUT2D eigenvalue weighted by Crippen LogP contribution is -2.23. The maximum absolute atomic E-state index is 5.90. The molecule has 1 aliphatic heterocycles. The van der Waals surface area contributed by atoms with Gasteiger partial charge in [0.2, 0.25) is 0 Å². The number of hydrogen-bond acceptors (Lipinski definition) is 4. The predicted molar refractivity (Wildman–Crippen MR) is 86.9 cm³/mol. The first kappa shape index (κ1) is 14.0. The summed E-state index contributed by atoms with van der Waals surface area (Å²) in [6.07, 6.45) is 13.9. The van der Waals surface area contributed by atoms with Crippen molar-refractivity contribution in [2.45, 2.75) is 63.6 Å². The molecule has 0 amide bonds. The molecular weight excluding hydrogens is 276 g/mol. The zero-order valence-corrected chi connectivity index (χ0v) is 13.0. The number of anilines is 1. The monoisotopic (exact) mass is 300 g/mol. The molecule has 2 fully saturated rings. The van der Waals surface area contributed by atoms with E-state index in [4.69, 9.17) is 4.74 Å². The largest absolute Gasteiger partial charge is 0.365 e. The van der Waals surface area contributed by atoms with Gasteiger partial charge in [-0.3, -0.25) is 0 Å². The summed E-state index contributed by atoms with van der Waals surface area (Å²) in [6, 6.07) is 2.59. The molecule has 0 bridgehead atoms. The van der Waals surface area contributed by atoms with E-state index in [1.165, 1.54) is 44.9 Å². The molecule has 118 valence electrons. The molecule has 3 heterocycles. The minimum Gasteiger partial charge on any atom is -0.365 e. The highest BCUT2D eigenvalue weighted by atomic mass is 16.5. The maximum atomic E-state index is 5.90. The molecule has 1 aliphatic carbocycles. The van der Waals surface area contributed by atoms with Crippen LogP contribution in [-0.4, -0.2) is 27.2 Å². The van der Waals surface area contributed by atoms with Crippen LogP contribution in [0.2, 0.25) is 0 Å². The molecule has 5 nitrogen and oxygen atoms in total. The smallest absolute Gasteiger partial charge is 0.154 e. The van der Waals surface area contributed by atoms with Crippen molar-refractivity contribution in [2.75, 3.05) is 11.9 Å². The highest BCUT2D eigenvalue weighted by Gasteiger charge is 2.20. The van der Waals surface area contributed by atoms with Crippen molar-refractivity contribution in [1.29, 1.82) is 0 Å². The van der Waals surface area contributed by atoms with E-state index in [2.05, 4.69) is 19.9 Å². The summed E-state index contributed by atoms with van der Waals surface area (Å²) in [5.41, 5.74) is 2.10. The Bertz CT molecular complexity index is 627. The van der Waals surface area contributed by atoms with Crippen molar-refractivity contribution in [3.63, 3.8) is 0 Å². The fourth-order valence-electron chi connectivity index (χ4n) is 3.68. The van der Waals surface area contributed by atoms with Crippen LogP contribution < -0.4 is 5.32 Å². The predicted octanol–water partition coefficient (Wildman–Crippen LogP) is 3.88. The van der Waals surface area contributed by atoms with Gasteiger partial charge in [0, 0.05) is 18.8 Å². The lowest BCUT2D eigenvalue weighted by Gasteiger charge is -2.25. The second kappa shape index (κ2) is 6.24. The molecule has 4 rings (SSSR count). The number of nitrogens with one attached hydrogen (secondary N) is 1. The number of pyridine rings is 1. The van der Waals surface area contributed by atoms with Crippen LogP contribution in [0.15, 0.2) is 18.6 Å². The third-order valence-electron chi connectivity index (χ3n) is 4.90. The third kappa shape index (κ3) is 2.70. The molecule has 2 aromatic heterocycles. The van der Waals surface area contributed by atoms with Crippen LogP contribution in [-0.2, 0) is 4.74 Å². The molecule has 2 aromatic rings. The molecule has 5 heteroatoms. The molecule has 2 aliphatic rings. The Morgan fingerprint density at radius 2 is 1.91 bits per heavy atom. The highest BCUT2D eigenvalue weighted by Crippen LogP contribution is 2.29. The number of nitrogens with zero attached hydrogens (tertiary/aromatic N) is 3. The van der Waals surface area contributed by atoms with Gasteiger partial charge in [0.15, 0.2) is 5.82 Å². The van der Waals surface area contributed by atoms with E-state index in [0.717, 1.165) is 29.9 Å². The van der Waals surface area contributed by atoms with E-state index in [1.54, 1.807) is 0 Å². The van der Waals surface area contributed by atoms with Gasteiger partial charge in [-0.1, -0.05) is 19.3 Å². The summed E-state index contributed by atoms with van der Waals surface area (Å²) in [5, 5.41) is 3.61. The Morgan fingerprint density at radius 1 is 1.05 bits per heavy atom.